The molecule has 3 nitrogen and oxygen atoms in total. The fraction of sp³-hybridized carbons (Fsp3) is 0.273. The van der Waals surface area contributed by atoms with Crippen molar-refractivity contribution >= 4 is 12.3 Å². The Morgan fingerprint density at radius 3 is 2.43 bits per heavy atom. The van der Waals surface area contributed by atoms with Crippen LogP contribution in [0.4, 0.5) is 0 Å². The van der Waals surface area contributed by atoms with Gasteiger partial charge in [0.25, 0.3) is 0 Å². The van der Waals surface area contributed by atoms with Gasteiger partial charge in [0.1, 0.15) is 6.61 Å². The number of aldehydes is 1. The number of carbonyl (C=O) groups excluding carboxylic acids is 2. The summed E-state index contributed by atoms with van der Waals surface area (Å²) in [4.78, 5) is 21.5. The van der Waals surface area contributed by atoms with E-state index >= 15 is 0 Å². The summed E-state index contributed by atoms with van der Waals surface area (Å²) >= 11 is 0. The second kappa shape index (κ2) is 4.56. The molecular weight excluding hydrogens is 180 g/mol. The minimum Gasteiger partial charge on any atom is -0.454 e. The van der Waals surface area contributed by atoms with Crippen molar-refractivity contribution < 1.29 is 14.3 Å². The molecule has 0 spiro atoms. The van der Waals surface area contributed by atoms with Gasteiger partial charge in [-0.05, 0) is 25.0 Å². The van der Waals surface area contributed by atoms with Crippen LogP contribution in [0.15, 0.2) is 18.2 Å². The maximum atomic E-state index is 11.5. The Kier molecular flexibility index (Phi) is 3.40. The zero-order chi connectivity index (χ0) is 10.6. The summed E-state index contributed by atoms with van der Waals surface area (Å²) in [5.74, 6) is -0.437. The van der Waals surface area contributed by atoms with Gasteiger partial charge in [0.2, 0.25) is 0 Å². The van der Waals surface area contributed by atoms with Crippen molar-refractivity contribution in [1.82, 2.24) is 0 Å². The van der Waals surface area contributed by atoms with Gasteiger partial charge in [0.15, 0.2) is 6.29 Å². The van der Waals surface area contributed by atoms with E-state index in [9.17, 15) is 9.59 Å². The van der Waals surface area contributed by atoms with E-state index in [2.05, 4.69) is 0 Å². The van der Waals surface area contributed by atoms with Gasteiger partial charge < -0.3 is 4.74 Å². The summed E-state index contributed by atoms with van der Waals surface area (Å²) in [6, 6.07) is 5.55. The first kappa shape index (κ1) is 10.4. The average Bonchev–Trinajstić information content (AvgIpc) is 2.14. The number of carbonyl (C=O) groups is 2. The first-order valence-electron chi connectivity index (χ1n) is 4.33. The first-order valence-corrected chi connectivity index (χ1v) is 4.33. The summed E-state index contributed by atoms with van der Waals surface area (Å²) in [5.41, 5.74) is 2.27. The lowest BCUT2D eigenvalue weighted by atomic mass is 10.0. The lowest BCUT2D eigenvalue weighted by molar-refractivity contribution is -0.110. The minimum absolute atomic E-state index is 0.188. The van der Waals surface area contributed by atoms with E-state index < -0.39 is 5.97 Å². The van der Waals surface area contributed by atoms with Crippen LogP contribution in [0.1, 0.15) is 21.5 Å². The summed E-state index contributed by atoms with van der Waals surface area (Å²) in [7, 11) is 0. The zero-order valence-electron chi connectivity index (χ0n) is 8.24. The van der Waals surface area contributed by atoms with Gasteiger partial charge in [0.05, 0.1) is 5.56 Å². The lowest BCUT2D eigenvalue weighted by Crippen LogP contribution is -2.10. The first-order chi connectivity index (χ1) is 6.66. The normalized spacial score (nSPS) is 9.57. The van der Waals surface area contributed by atoms with E-state index in [1.54, 1.807) is 0 Å². The largest absolute Gasteiger partial charge is 0.454 e. The molecular formula is C11H12O3. The number of benzene rings is 1. The van der Waals surface area contributed by atoms with Crippen LogP contribution in [-0.4, -0.2) is 18.9 Å². The molecule has 1 rings (SSSR count). The van der Waals surface area contributed by atoms with Crippen molar-refractivity contribution in [3.63, 3.8) is 0 Å². The molecule has 0 radical (unpaired) electrons. The van der Waals surface area contributed by atoms with Crippen molar-refractivity contribution in [1.29, 1.82) is 0 Å². The fourth-order valence-electron chi connectivity index (χ4n) is 1.32. The Hall–Kier alpha value is -1.64. The van der Waals surface area contributed by atoms with Crippen molar-refractivity contribution in [3.8, 4) is 0 Å². The second-order valence-corrected chi connectivity index (χ2v) is 3.03. The van der Waals surface area contributed by atoms with Crippen LogP contribution >= 0.6 is 0 Å². The van der Waals surface area contributed by atoms with Gasteiger partial charge in [-0.25, -0.2) is 4.79 Å². The predicted octanol–water partition coefficient (Wildman–Crippen LogP) is 1.66. The molecule has 14 heavy (non-hydrogen) atoms. The Bertz CT molecular complexity index is 335. The van der Waals surface area contributed by atoms with Crippen LogP contribution in [-0.2, 0) is 9.53 Å². The number of esters is 1. The van der Waals surface area contributed by atoms with Gasteiger partial charge in [-0.2, -0.15) is 0 Å². The number of hydrogen-bond acceptors (Lipinski definition) is 3. The molecule has 0 atom stereocenters. The molecule has 0 aliphatic carbocycles. The average molecular weight is 192 g/mol. The third-order valence-corrected chi connectivity index (χ3v) is 1.97. The van der Waals surface area contributed by atoms with Crippen LogP contribution < -0.4 is 0 Å². The fourth-order valence-corrected chi connectivity index (χ4v) is 1.32. The number of aryl methyl sites for hydroxylation is 2. The quantitative estimate of drug-likeness (QED) is 0.540. The van der Waals surface area contributed by atoms with Gasteiger partial charge in [-0.3, -0.25) is 4.79 Å². The standard InChI is InChI=1S/C11H12O3/c1-8-4-3-5-9(2)10(8)11(13)14-7-6-12/h3-6H,7H2,1-2H3. The number of ether oxygens (including phenoxy) is 1. The Morgan fingerprint density at radius 1 is 1.36 bits per heavy atom. The molecule has 0 bridgehead atoms. The second-order valence-electron chi connectivity index (χ2n) is 3.03. The Balaban J connectivity index is 2.94. The summed E-state index contributed by atoms with van der Waals surface area (Å²) in [6.45, 7) is 3.49. The molecule has 1 aromatic carbocycles. The number of hydrogen-bond donors (Lipinski definition) is 0. The molecule has 0 saturated carbocycles. The molecule has 0 aliphatic heterocycles. The molecule has 74 valence electrons. The maximum absolute atomic E-state index is 11.5. The van der Waals surface area contributed by atoms with Crippen LogP contribution in [0.25, 0.3) is 0 Å². The maximum Gasteiger partial charge on any atom is 0.339 e. The van der Waals surface area contributed by atoms with Crippen molar-refractivity contribution in [3.05, 3.63) is 34.9 Å². The predicted molar refractivity (Wildman–Crippen MR) is 52.3 cm³/mol. The molecule has 0 aliphatic rings. The van der Waals surface area contributed by atoms with E-state index in [0.717, 1.165) is 11.1 Å². The molecule has 3 heteroatoms. The third kappa shape index (κ3) is 2.19. The monoisotopic (exact) mass is 192 g/mol. The van der Waals surface area contributed by atoms with E-state index in [1.165, 1.54) is 0 Å². The molecule has 0 fully saturated rings. The van der Waals surface area contributed by atoms with Crippen LogP contribution in [0, 0.1) is 13.8 Å². The van der Waals surface area contributed by atoms with Gasteiger partial charge in [0, 0.05) is 0 Å². The molecule has 0 amide bonds. The van der Waals surface area contributed by atoms with Crippen LogP contribution in [0.2, 0.25) is 0 Å². The smallest absolute Gasteiger partial charge is 0.339 e. The topological polar surface area (TPSA) is 43.4 Å². The minimum atomic E-state index is -0.437. The molecule has 0 aromatic heterocycles. The molecule has 0 saturated heterocycles. The van der Waals surface area contributed by atoms with E-state index in [4.69, 9.17) is 4.74 Å². The van der Waals surface area contributed by atoms with Crippen LogP contribution in [0.3, 0.4) is 0 Å². The zero-order valence-corrected chi connectivity index (χ0v) is 8.24. The highest BCUT2D eigenvalue weighted by atomic mass is 16.5. The molecule has 0 heterocycles. The van der Waals surface area contributed by atoms with Crippen molar-refractivity contribution in [2.24, 2.45) is 0 Å². The third-order valence-electron chi connectivity index (χ3n) is 1.97. The van der Waals surface area contributed by atoms with E-state index in [-0.39, 0.29) is 6.61 Å². The van der Waals surface area contributed by atoms with Gasteiger partial charge in [-0.1, -0.05) is 18.2 Å². The van der Waals surface area contributed by atoms with Gasteiger partial charge in [-0.15, -0.1) is 0 Å². The summed E-state index contributed by atoms with van der Waals surface area (Å²) < 4.78 is 4.73. The van der Waals surface area contributed by atoms with Crippen LogP contribution in [0.5, 0.6) is 0 Å². The highest BCUT2D eigenvalue weighted by Gasteiger charge is 2.12. The van der Waals surface area contributed by atoms with Gasteiger partial charge >= 0.3 is 5.97 Å². The molecule has 0 unspecified atom stereocenters. The molecule has 1 aromatic rings. The summed E-state index contributed by atoms with van der Waals surface area (Å²) in [5, 5.41) is 0. The molecule has 0 N–H and O–H groups in total. The Labute approximate surface area is 82.7 Å². The summed E-state index contributed by atoms with van der Waals surface area (Å²) in [6.07, 6.45) is 0.561. The van der Waals surface area contributed by atoms with E-state index in [0.29, 0.717) is 11.8 Å². The van der Waals surface area contributed by atoms with Crippen molar-refractivity contribution in [2.75, 3.05) is 6.61 Å². The number of rotatable bonds is 3. The Morgan fingerprint density at radius 2 is 1.93 bits per heavy atom. The SMILES string of the molecule is Cc1cccc(C)c1C(=O)OCC=O. The van der Waals surface area contributed by atoms with E-state index in [1.807, 2.05) is 32.0 Å². The highest BCUT2D eigenvalue weighted by Crippen LogP contribution is 2.14. The highest BCUT2D eigenvalue weighted by molar-refractivity contribution is 5.93. The lowest BCUT2D eigenvalue weighted by Gasteiger charge is -2.07. The van der Waals surface area contributed by atoms with Crippen molar-refractivity contribution in [2.45, 2.75) is 13.8 Å².